The summed E-state index contributed by atoms with van der Waals surface area (Å²) in [5, 5.41) is 20.9. The van der Waals surface area contributed by atoms with Crippen LogP contribution in [0.4, 0.5) is 0 Å². The number of thiophene rings is 1. The fourth-order valence-corrected chi connectivity index (χ4v) is 3.38. The van der Waals surface area contributed by atoms with Crippen molar-refractivity contribution in [2.75, 3.05) is 0 Å². The van der Waals surface area contributed by atoms with Crippen LogP contribution in [0.5, 0.6) is 0 Å². The fraction of sp³-hybridized carbons (Fsp3) is 0. The van der Waals surface area contributed by atoms with Gasteiger partial charge in [0.05, 0.1) is 16.3 Å². The lowest BCUT2D eigenvalue weighted by Crippen LogP contribution is -2.23. The van der Waals surface area contributed by atoms with Crippen molar-refractivity contribution in [3.8, 4) is 12.1 Å². The van der Waals surface area contributed by atoms with Gasteiger partial charge in [-0.05, 0) is 41.3 Å². The van der Waals surface area contributed by atoms with Gasteiger partial charge in [0.1, 0.15) is 12.1 Å². The van der Waals surface area contributed by atoms with Crippen molar-refractivity contribution in [2.24, 2.45) is 0 Å². The van der Waals surface area contributed by atoms with E-state index in [1.807, 2.05) is 23.6 Å². The van der Waals surface area contributed by atoms with Crippen molar-refractivity contribution in [1.29, 1.82) is 10.5 Å². The van der Waals surface area contributed by atoms with Gasteiger partial charge in [0.25, 0.3) is 0 Å². The Morgan fingerprint density at radius 3 is 2.56 bits per heavy atom. The molecule has 0 saturated heterocycles. The van der Waals surface area contributed by atoms with Gasteiger partial charge in [0.2, 0.25) is 5.78 Å². The minimum atomic E-state index is -0.224. The first-order chi connectivity index (χ1) is 13.2. The van der Waals surface area contributed by atoms with E-state index in [4.69, 9.17) is 11.6 Å². The summed E-state index contributed by atoms with van der Waals surface area (Å²) in [5.41, 5.74) is 1.21. The average Bonchev–Trinajstić information content (AvgIpc) is 3.23. The molecule has 1 aliphatic heterocycles. The zero-order chi connectivity index (χ0) is 19.2. The van der Waals surface area contributed by atoms with E-state index in [1.165, 1.54) is 11.3 Å². The van der Waals surface area contributed by atoms with Gasteiger partial charge in [-0.15, -0.1) is 11.3 Å². The van der Waals surface area contributed by atoms with E-state index in [0.29, 0.717) is 26.9 Å². The Morgan fingerprint density at radius 1 is 1.11 bits per heavy atom. The van der Waals surface area contributed by atoms with E-state index in [9.17, 15) is 15.3 Å². The Kier molecular flexibility index (Phi) is 5.68. The minimum absolute atomic E-state index is 0.0837. The Bertz CT molecular complexity index is 1060. The van der Waals surface area contributed by atoms with Gasteiger partial charge >= 0.3 is 0 Å². The number of hydrogen-bond donors (Lipinski definition) is 0. The fourth-order valence-electron chi connectivity index (χ4n) is 2.51. The molecule has 0 spiro atoms. The highest BCUT2D eigenvalue weighted by molar-refractivity contribution is 7.12. The molecule has 2 heterocycles. The predicted molar refractivity (Wildman–Crippen MR) is 106 cm³/mol. The van der Waals surface area contributed by atoms with E-state index < -0.39 is 0 Å². The molecule has 4 nitrogen and oxygen atoms in total. The molecule has 0 N–H and O–H groups in total. The highest BCUT2D eigenvalue weighted by Gasteiger charge is 2.24. The molecule has 2 aromatic rings. The zero-order valence-electron chi connectivity index (χ0n) is 14.0. The van der Waals surface area contributed by atoms with Crippen LogP contribution in [0.25, 0.3) is 6.08 Å². The normalized spacial score (nSPS) is 13.2. The minimum Gasteiger partial charge on any atom is -0.312 e. The first-order valence-electron chi connectivity index (χ1n) is 7.88. The number of ketones is 1. The van der Waals surface area contributed by atoms with Crippen LogP contribution in [-0.4, -0.2) is 10.7 Å². The van der Waals surface area contributed by atoms with Gasteiger partial charge in [-0.1, -0.05) is 41.9 Å². The number of allylic oxidation sites excluding steroid dienone is 5. The van der Waals surface area contributed by atoms with Gasteiger partial charge in [-0.3, -0.25) is 4.79 Å². The van der Waals surface area contributed by atoms with Crippen LogP contribution in [0.15, 0.2) is 83.2 Å². The summed E-state index contributed by atoms with van der Waals surface area (Å²) in [4.78, 5) is 15.3. The highest BCUT2D eigenvalue weighted by atomic mass is 35.5. The van der Waals surface area contributed by atoms with Gasteiger partial charge < -0.3 is 4.90 Å². The maximum Gasteiger partial charge on any atom is 0.219 e. The van der Waals surface area contributed by atoms with Crippen LogP contribution < -0.4 is 0 Å². The molecule has 1 aliphatic rings. The number of carbonyl (C=O) groups excluding carboxylic acids is 1. The molecular formula is C21H12ClN3OS. The molecule has 27 heavy (non-hydrogen) atoms. The van der Waals surface area contributed by atoms with Gasteiger partial charge in [0, 0.05) is 11.2 Å². The van der Waals surface area contributed by atoms with Crippen LogP contribution >= 0.6 is 22.9 Å². The summed E-state index contributed by atoms with van der Waals surface area (Å²) >= 11 is 7.59. The van der Waals surface area contributed by atoms with Crippen molar-refractivity contribution >= 4 is 34.8 Å². The highest BCUT2D eigenvalue weighted by Crippen LogP contribution is 2.29. The molecular weight excluding hydrogens is 378 g/mol. The quantitative estimate of drug-likeness (QED) is 0.403. The molecule has 1 aromatic carbocycles. The van der Waals surface area contributed by atoms with E-state index in [-0.39, 0.29) is 11.4 Å². The molecule has 1 aromatic heterocycles. The third-order valence-electron chi connectivity index (χ3n) is 3.77. The maximum atomic E-state index is 13.2. The van der Waals surface area contributed by atoms with Crippen LogP contribution in [-0.2, 0) is 0 Å². The number of halogens is 1. The number of carbonyl (C=O) groups is 1. The Morgan fingerprint density at radius 2 is 1.89 bits per heavy atom. The zero-order valence-corrected chi connectivity index (χ0v) is 15.5. The van der Waals surface area contributed by atoms with Crippen molar-refractivity contribution in [3.63, 3.8) is 0 Å². The topological polar surface area (TPSA) is 67.9 Å². The summed E-state index contributed by atoms with van der Waals surface area (Å²) in [6.07, 6.45) is 8.39. The molecule has 3 rings (SSSR count). The van der Waals surface area contributed by atoms with E-state index >= 15 is 0 Å². The van der Waals surface area contributed by atoms with E-state index in [1.54, 1.807) is 65.7 Å². The second-order valence-electron chi connectivity index (χ2n) is 5.41. The van der Waals surface area contributed by atoms with Crippen molar-refractivity contribution < 1.29 is 4.79 Å². The summed E-state index contributed by atoms with van der Waals surface area (Å²) in [6.45, 7) is 0. The number of nitrogens with zero attached hydrogens (tertiary/aromatic N) is 3. The monoisotopic (exact) mass is 389 g/mol. The van der Waals surface area contributed by atoms with E-state index in [0.717, 1.165) is 0 Å². The smallest absolute Gasteiger partial charge is 0.219 e. The average molecular weight is 390 g/mol. The number of hydrogen-bond acceptors (Lipinski definition) is 5. The molecule has 0 amide bonds. The number of rotatable bonds is 4. The molecule has 0 bridgehead atoms. The summed E-state index contributed by atoms with van der Waals surface area (Å²) < 4.78 is 0. The standard InChI is InChI=1S/C21H12ClN3OS/c22-17-7-2-1-6-15(17)12-19(21(26)20-9-5-11-27-20)25-10-4-3-8-18(25)16(13-23)14-24/h1-12H. The number of nitriles is 2. The van der Waals surface area contributed by atoms with Crippen molar-refractivity contribution in [3.05, 3.63) is 98.6 Å². The third-order valence-corrected chi connectivity index (χ3v) is 4.99. The lowest BCUT2D eigenvalue weighted by atomic mass is 10.1. The summed E-state index contributed by atoms with van der Waals surface area (Å²) in [5.74, 6) is -0.224. The summed E-state index contributed by atoms with van der Waals surface area (Å²) in [7, 11) is 0. The maximum absolute atomic E-state index is 13.2. The SMILES string of the molecule is N#CC(C#N)=C1C=CC=CN1C(=Cc1ccccc1Cl)C(=O)c1cccs1. The van der Waals surface area contributed by atoms with Crippen molar-refractivity contribution in [1.82, 2.24) is 4.90 Å². The van der Waals surface area contributed by atoms with Gasteiger partial charge in [-0.25, -0.2) is 0 Å². The first-order valence-corrected chi connectivity index (χ1v) is 9.14. The Balaban J connectivity index is 2.20. The van der Waals surface area contributed by atoms with Crippen LogP contribution in [0.1, 0.15) is 15.2 Å². The largest absolute Gasteiger partial charge is 0.312 e. The molecule has 0 aliphatic carbocycles. The summed E-state index contributed by atoms with van der Waals surface area (Å²) in [6, 6.07) is 14.5. The molecule has 0 fully saturated rings. The van der Waals surface area contributed by atoms with Gasteiger partial charge in [0.15, 0.2) is 5.57 Å². The third kappa shape index (κ3) is 3.91. The Hall–Kier alpha value is -3.38. The number of Topliss-reactive ketones (excluding diaryl/α,β-unsaturated/α-hetero) is 1. The van der Waals surface area contributed by atoms with Crippen LogP contribution in [0.3, 0.4) is 0 Å². The molecule has 0 unspecified atom stereocenters. The van der Waals surface area contributed by atoms with Gasteiger partial charge in [-0.2, -0.15) is 10.5 Å². The molecule has 0 saturated carbocycles. The number of benzene rings is 1. The molecule has 0 atom stereocenters. The first kappa shape index (κ1) is 18.4. The lowest BCUT2D eigenvalue weighted by Gasteiger charge is -2.25. The predicted octanol–water partition coefficient (Wildman–Crippen LogP) is 5.31. The lowest BCUT2D eigenvalue weighted by molar-refractivity contribution is 0.101. The van der Waals surface area contributed by atoms with Crippen molar-refractivity contribution in [2.45, 2.75) is 0 Å². The van der Waals surface area contributed by atoms with Crippen LogP contribution in [0.2, 0.25) is 5.02 Å². The molecule has 130 valence electrons. The second kappa shape index (κ2) is 8.33. The second-order valence-corrected chi connectivity index (χ2v) is 6.77. The van der Waals surface area contributed by atoms with E-state index in [2.05, 4.69) is 0 Å². The van der Waals surface area contributed by atoms with Crippen LogP contribution in [0, 0.1) is 22.7 Å². The molecule has 0 radical (unpaired) electrons. The molecule has 6 heteroatoms. The Labute approximate surface area is 165 Å².